The third-order valence-corrected chi connectivity index (χ3v) is 6.92. The van der Waals surface area contributed by atoms with Crippen molar-refractivity contribution in [2.24, 2.45) is 0 Å². The van der Waals surface area contributed by atoms with Crippen LogP contribution in [0.4, 0.5) is 8.78 Å². The number of hydrogen-bond acceptors (Lipinski definition) is 3. The molecule has 0 aliphatic carbocycles. The number of amides is 1. The molecule has 1 saturated heterocycles. The van der Waals surface area contributed by atoms with Crippen LogP contribution in [-0.4, -0.2) is 30.0 Å². The highest BCUT2D eigenvalue weighted by Gasteiger charge is 2.47. The molecule has 3 aromatic rings. The summed E-state index contributed by atoms with van der Waals surface area (Å²) >= 11 is 6.17. The molecule has 7 heteroatoms. The van der Waals surface area contributed by atoms with E-state index in [9.17, 15) is 13.6 Å². The van der Waals surface area contributed by atoms with Crippen LogP contribution in [0, 0.1) is 18.6 Å². The Balaban J connectivity index is 1.69. The molecule has 4 rings (SSSR count). The number of piperidine rings is 1. The number of ether oxygens (including phenoxy) is 2. The fraction of sp³-hybridized carbons (Fsp3) is 0.321. The minimum absolute atomic E-state index is 0.0451. The lowest BCUT2D eigenvalue weighted by atomic mass is 9.81. The molecule has 1 aliphatic rings. The van der Waals surface area contributed by atoms with Crippen molar-refractivity contribution in [3.05, 3.63) is 106 Å². The Kier molecular flexibility index (Phi) is 7.85. The lowest BCUT2D eigenvalue weighted by molar-refractivity contribution is -0.195. The summed E-state index contributed by atoms with van der Waals surface area (Å²) in [5.41, 5.74) is 1.75. The molecule has 2 unspecified atom stereocenters. The fourth-order valence-electron chi connectivity index (χ4n) is 4.51. The number of halogens is 3. The van der Waals surface area contributed by atoms with Gasteiger partial charge in [0.15, 0.2) is 11.6 Å². The molecule has 1 fully saturated rings. The van der Waals surface area contributed by atoms with Gasteiger partial charge >= 0.3 is 0 Å². The number of benzene rings is 3. The first-order chi connectivity index (χ1) is 16.8. The van der Waals surface area contributed by atoms with Crippen molar-refractivity contribution in [3.8, 4) is 0 Å². The van der Waals surface area contributed by atoms with E-state index in [1.165, 1.54) is 19.9 Å². The van der Waals surface area contributed by atoms with Gasteiger partial charge in [0, 0.05) is 24.9 Å². The van der Waals surface area contributed by atoms with Gasteiger partial charge in [0.2, 0.25) is 5.91 Å². The largest absolute Gasteiger partial charge is 0.368 e. The molecule has 0 radical (unpaired) electrons. The van der Waals surface area contributed by atoms with Gasteiger partial charge in [0.05, 0.1) is 19.8 Å². The third-order valence-electron chi connectivity index (χ3n) is 6.67. The molecule has 1 aliphatic heterocycles. The fourth-order valence-corrected chi connectivity index (χ4v) is 4.64. The van der Waals surface area contributed by atoms with Crippen molar-refractivity contribution in [2.45, 2.75) is 45.2 Å². The maximum absolute atomic E-state index is 14.2. The lowest BCUT2D eigenvalue weighted by Gasteiger charge is -2.47. The Hall–Kier alpha value is -2.80. The SMILES string of the molecule is CC(=O)N1CCC(OCc2ccccc2)(c2ccc(Cl)cc2)C(OCc2ccc(F)c(F)c2C)C1. The van der Waals surface area contributed by atoms with E-state index in [1.54, 1.807) is 17.0 Å². The lowest BCUT2D eigenvalue weighted by Crippen LogP contribution is -2.56. The highest BCUT2D eigenvalue weighted by atomic mass is 35.5. The van der Waals surface area contributed by atoms with Crippen LogP contribution in [0.15, 0.2) is 66.7 Å². The van der Waals surface area contributed by atoms with Gasteiger partial charge in [-0.25, -0.2) is 8.78 Å². The number of carbonyl (C=O) groups is 1. The molecule has 0 spiro atoms. The van der Waals surface area contributed by atoms with Gasteiger partial charge in [-0.15, -0.1) is 0 Å². The number of carbonyl (C=O) groups excluding carboxylic acids is 1. The molecular formula is C28H28ClF2NO3. The summed E-state index contributed by atoms with van der Waals surface area (Å²) < 4.78 is 40.8. The van der Waals surface area contributed by atoms with Crippen LogP contribution >= 0.6 is 11.6 Å². The van der Waals surface area contributed by atoms with E-state index < -0.39 is 23.3 Å². The van der Waals surface area contributed by atoms with Crippen LogP contribution in [0.2, 0.25) is 5.02 Å². The highest BCUT2D eigenvalue weighted by Crippen LogP contribution is 2.40. The Morgan fingerprint density at radius 2 is 1.77 bits per heavy atom. The van der Waals surface area contributed by atoms with Gasteiger partial charge in [0.1, 0.15) is 11.7 Å². The monoisotopic (exact) mass is 499 g/mol. The Labute approximate surface area is 209 Å². The molecule has 0 N–H and O–H groups in total. The van der Waals surface area contributed by atoms with E-state index >= 15 is 0 Å². The van der Waals surface area contributed by atoms with Crippen molar-refractivity contribution < 1.29 is 23.0 Å². The average molecular weight is 500 g/mol. The number of rotatable bonds is 7. The second-order valence-electron chi connectivity index (χ2n) is 8.83. The van der Waals surface area contributed by atoms with Crippen molar-refractivity contribution in [1.82, 2.24) is 4.90 Å². The Bertz CT molecular complexity index is 1170. The van der Waals surface area contributed by atoms with Gasteiger partial charge in [-0.3, -0.25) is 4.79 Å². The van der Waals surface area contributed by atoms with E-state index in [-0.39, 0.29) is 18.1 Å². The van der Waals surface area contributed by atoms with Gasteiger partial charge in [-0.1, -0.05) is 60.1 Å². The van der Waals surface area contributed by atoms with E-state index in [0.717, 1.165) is 17.2 Å². The van der Waals surface area contributed by atoms with Crippen LogP contribution in [0.1, 0.15) is 35.6 Å². The standard InChI is InChI=1S/C28H28ClF2NO3/c1-19-22(8-13-25(30)27(19)31)18-34-26-16-32(20(2)33)15-14-28(26,23-9-11-24(29)12-10-23)35-17-21-6-4-3-5-7-21/h3-13,26H,14-18H2,1-2H3. The highest BCUT2D eigenvalue weighted by molar-refractivity contribution is 6.30. The van der Waals surface area contributed by atoms with Gasteiger partial charge in [-0.2, -0.15) is 0 Å². The van der Waals surface area contributed by atoms with Gasteiger partial charge in [-0.05, 0) is 47.4 Å². The summed E-state index contributed by atoms with van der Waals surface area (Å²) in [6, 6.07) is 19.9. The summed E-state index contributed by atoms with van der Waals surface area (Å²) in [6.07, 6.45) is -0.0554. The van der Waals surface area contributed by atoms with Gasteiger partial charge < -0.3 is 14.4 Å². The molecule has 2 atom stereocenters. The predicted molar refractivity (Wildman–Crippen MR) is 131 cm³/mol. The molecule has 0 aromatic heterocycles. The second kappa shape index (κ2) is 10.9. The van der Waals surface area contributed by atoms with E-state index in [4.69, 9.17) is 21.1 Å². The summed E-state index contributed by atoms with van der Waals surface area (Å²) in [6.45, 7) is 4.23. The average Bonchev–Trinajstić information content (AvgIpc) is 2.87. The zero-order valence-electron chi connectivity index (χ0n) is 19.8. The van der Waals surface area contributed by atoms with Crippen molar-refractivity contribution in [2.75, 3.05) is 13.1 Å². The minimum Gasteiger partial charge on any atom is -0.368 e. The zero-order valence-corrected chi connectivity index (χ0v) is 20.5. The van der Waals surface area contributed by atoms with Crippen molar-refractivity contribution >= 4 is 17.5 Å². The van der Waals surface area contributed by atoms with Crippen LogP contribution in [0.3, 0.4) is 0 Å². The molecule has 3 aromatic carbocycles. The second-order valence-corrected chi connectivity index (χ2v) is 9.27. The molecule has 0 bridgehead atoms. The summed E-state index contributed by atoms with van der Waals surface area (Å²) in [5.74, 6) is -1.84. The smallest absolute Gasteiger partial charge is 0.219 e. The summed E-state index contributed by atoms with van der Waals surface area (Å²) in [7, 11) is 0. The van der Waals surface area contributed by atoms with Crippen LogP contribution < -0.4 is 0 Å². The molecule has 1 amide bonds. The maximum Gasteiger partial charge on any atom is 0.219 e. The van der Waals surface area contributed by atoms with Crippen LogP contribution in [0.5, 0.6) is 0 Å². The third kappa shape index (κ3) is 5.56. The normalized spacial score (nSPS) is 20.1. The Morgan fingerprint density at radius 3 is 2.46 bits per heavy atom. The molecule has 0 saturated carbocycles. The number of hydrogen-bond donors (Lipinski definition) is 0. The van der Waals surface area contributed by atoms with Crippen molar-refractivity contribution in [1.29, 1.82) is 0 Å². The number of likely N-dealkylation sites (tertiary alicyclic amines) is 1. The van der Waals surface area contributed by atoms with Crippen molar-refractivity contribution in [3.63, 3.8) is 0 Å². The van der Waals surface area contributed by atoms with Crippen LogP contribution in [-0.2, 0) is 33.1 Å². The topological polar surface area (TPSA) is 38.8 Å². The zero-order chi connectivity index (χ0) is 25.0. The minimum atomic E-state index is -0.895. The first-order valence-corrected chi connectivity index (χ1v) is 11.9. The predicted octanol–water partition coefficient (Wildman–Crippen LogP) is 6.18. The molecule has 1 heterocycles. The van der Waals surface area contributed by atoms with E-state index in [0.29, 0.717) is 36.7 Å². The Morgan fingerprint density at radius 1 is 1.06 bits per heavy atom. The molecule has 184 valence electrons. The van der Waals surface area contributed by atoms with E-state index in [1.807, 2.05) is 42.5 Å². The quantitative estimate of drug-likeness (QED) is 0.390. The first-order valence-electron chi connectivity index (χ1n) is 11.5. The summed E-state index contributed by atoms with van der Waals surface area (Å²) in [4.78, 5) is 14.0. The van der Waals surface area contributed by atoms with E-state index in [2.05, 4.69) is 0 Å². The van der Waals surface area contributed by atoms with Crippen LogP contribution in [0.25, 0.3) is 0 Å². The molecule has 4 nitrogen and oxygen atoms in total. The summed E-state index contributed by atoms with van der Waals surface area (Å²) in [5, 5.41) is 0.600. The maximum atomic E-state index is 14.2. The molecular weight excluding hydrogens is 472 g/mol. The number of nitrogens with zero attached hydrogens (tertiary/aromatic N) is 1. The first kappa shape index (κ1) is 25.3. The van der Waals surface area contributed by atoms with Gasteiger partial charge in [0.25, 0.3) is 0 Å². The molecule has 35 heavy (non-hydrogen) atoms.